The molecule has 0 atom stereocenters. The van der Waals surface area contributed by atoms with Gasteiger partial charge in [-0.05, 0) is 18.4 Å². The lowest BCUT2D eigenvalue weighted by Gasteiger charge is -2.05. The number of amides is 1. The van der Waals surface area contributed by atoms with Crippen LogP contribution in [0, 0.1) is 5.82 Å². The van der Waals surface area contributed by atoms with E-state index in [9.17, 15) is 9.18 Å². The van der Waals surface area contributed by atoms with Crippen LogP contribution in [0.25, 0.3) is 0 Å². The summed E-state index contributed by atoms with van der Waals surface area (Å²) in [6.45, 7) is 0. The molecule has 1 aromatic heterocycles. The lowest BCUT2D eigenvalue weighted by atomic mass is 10.3. The molecule has 1 heterocycles. The first-order valence-electron chi connectivity index (χ1n) is 6.17. The summed E-state index contributed by atoms with van der Waals surface area (Å²) in [5, 5.41) is 10.7. The van der Waals surface area contributed by atoms with Gasteiger partial charge in [0.2, 0.25) is 11.8 Å². The van der Waals surface area contributed by atoms with Gasteiger partial charge in [-0.25, -0.2) is 4.39 Å². The molecule has 5 nitrogen and oxygen atoms in total. The van der Waals surface area contributed by atoms with Crippen LogP contribution in [0.4, 0.5) is 10.1 Å². The van der Waals surface area contributed by atoms with Gasteiger partial charge in [0, 0.05) is 12.2 Å². The highest BCUT2D eigenvalue weighted by atomic mass is 32.2. The van der Waals surface area contributed by atoms with Crippen LogP contribution < -0.4 is 5.32 Å². The number of hydrogen-bond donors (Lipinski definition) is 1. The third kappa shape index (κ3) is 5.05. The zero-order chi connectivity index (χ0) is 15.1. The van der Waals surface area contributed by atoms with Crippen molar-refractivity contribution in [2.75, 3.05) is 17.3 Å². The molecule has 0 aliphatic heterocycles. The molecule has 0 aliphatic carbocycles. The quantitative estimate of drug-likeness (QED) is 0.788. The minimum absolute atomic E-state index is 0.188. The average molecular weight is 327 g/mol. The Balaban J connectivity index is 1.75. The first kappa shape index (κ1) is 15.8. The zero-order valence-corrected chi connectivity index (χ0v) is 13.0. The molecule has 0 bridgehead atoms. The van der Waals surface area contributed by atoms with Crippen LogP contribution in [0.2, 0.25) is 0 Å². The van der Waals surface area contributed by atoms with Crippen LogP contribution in [0.5, 0.6) is 0 Å². The Labute approximate surface area is 130 Å². The molecule has 0 spiro atoms. The molecule has 0 saturated carbocycles. The Bertz CT molecular complexity index is 607. The minimum atomic E-state index is -0.447. The number of para-hydroxylation sites is 1. The molecule has 2 aromatic rings. The van der Waals surface area contributed by atoms with E-state index in [4.69, 9.17) is 4.42 Å². The summed E-state index contributed by atoms with van der Waals surface area (Å²) in [4.78, 5) is 11.7. The number of anilines is 1. The number of benzene rings is 1. The molecule has 8 heteroatoms. The minimum Gasteiger partial charge on any atom is -0.415 e. The highest BCUT2D eigenvalue weighted by Crippen LogP contribution is 2.19. The second-order valence-corrected chi connectivity index (χ2v) is 5.93. The lowest BCUT2D eigenvalue weighted by molar-refractivity contribution is -0.115. The number of nitrogens with zero attached hydrogens (tertiary/aromatic N) is 2. The predicted molar refractivity (Wildman–Crippen MR) is 81.9 cm³/mol. The number of thioether (sulfide) groups is 2. The summed E-state index contributed by atoms with van der Waals surface area (Å²) in [5.74, 6) is 1.03. The van der Waals surface area contributed by atoms with Gasteiger partial charge >= 0.3 is 0 Å². The zero-order valence-electron chi connectivity index (χ0n) is 11.3. The van der Waals surface area contributed by atoms with Crippen molar-refractivity contribution in [3.05, 3.63) is 36.0 Å². The van der Waals surface area contributed by atoms with Gasteiger partial charge in [-0.1, -0.05) is 23.9 Å². The second-order valence-electron chi connectivity index (χ2n) is 4.02. The SMILES string of the molecule is CSCc1nnc(SCCC(=O)Nc2ccccc2F)o1. The fourth-order valence-electron chi connectivity index (χ4n) is 1.48. The van der Waals surface area contributed by atoms with Crippen LogP contribution in [-0.4, -0.2) is 28.1 Å². The number of aromatic nitrogens is 2. The summed E-state index contributed by atoms with van der Waals surface area (Å²) in [6, 6.07) is 6.06. The highest BCUT2D eigenvalue weighted by Gasteiger charge is 2.09. The highest BCUT2D eigenvalue weighted by molar-refractivity contribution is 7.99. The molecule has 0 unspecified atom stereocenters. The molecular weight excluding hydrogens is 313 g/mol. The van der Waals surface area contributed by atoms with Gasteiger partial charge < -0.3 is 9.73 Å². The Morgan fingerprint density at radius 1 is 1.38 bits per heavy atom. The number of halogens is 1. The molecule has 1 amide bonds. The monoisotopic (exact) mass is 327 g/mol. The summed E-state index contributed by atoms with van der Waals surface area (Å²) in [7, 11) is 0. The molecule has 1 N–H and O–H groups in total. The van der Waals surface area contributed by atoms with Crippen molar-refractivity contribution >= 4 is 35.1 Å². The molecule has 0 fully saturated rings. The van der Waals surface area contributed by atoms with Gasteiger partial charge in [0.1, 0.15) is 5.82 Å². The number of carbonyl (C=O) groups excluding carboxylic acids is 1. The normalized spacial score (nSPS) is 10.6. The van der Waals surface area contributed by atoms with Crippen LogP contribution >= 0.6 is 23.5 Å². The van der Waals surface area contributed by atoms with E-state index < -0.39 is 5.82 Å². The van der Waals surface area contributed by atoms with Crippen molar-refractivity contribution in [3.63, 3.8) is 0 Å². The molecular formula is C13H14FN3O2S2. The maximum atomic E-state index is 13.4. The number of nitrogens with one attached hydrogen (secondary N) is 1. The largest absolute Gasteiger partial charge is 0.415 e. The summed E-state index contributed by atoms with van der Waals surface area (Å²) in [6.07, 6.45) is 2.18. The van der Waals surface area contributed by atoms with Crippen molar-refractivity contribution in [2.45, 2.75) is 17.4 Å². The molecule has 2 rings (SSSR count). The number of rotatable bonds is 7. The molecule has 0 aliphatic rings. The second kappa shape index (κ2) is 8.04. The maximum Gasteiger partial charge on any atom is 0.276 e. The van der Waals surface area contributed by atoms with Gasteiger partial charge in [-0.2, -0.15) is 11.8 Å². The van der Waals surface area contributed by atoms with E-state index in [1.807, 2.05) is 6.26 Å². The fourth-order valence-corrected chi connectivity index (χ4v) is 2.56. The average Bonchev–Trinajstić information content (AvgIpc) is 2.89. The van der Waals surface area contributed by atoms with Crippen molar-refractivity contribution in [1.82, 2.24) is 10.2 Å². The van der Waals surface area contributed by atoms with E-state index in [0.29, 0.717) is 22.6 Å². The topological polar surface area (TPSA) is 68.0 Å². The molecule has 0 saturated heterocycles. The van der Waals surface area contributed by atoms with Crippen molar-refractivity contribution in [2.24, 2.45) is 0 Å². The third-order valence-electron chi connectivity index (χ3n) is 2.42. The Hall–Kier alpha value is -1.54. The standard InChI is InChI=1S/C13H14FN3O2S2/c1-20-8-12-16-17-13(19-12)21-7-6-11(18)15-10-5-3-2-4-9(10)14/h2-5H,6-8H2,1H3,(H,15,18). The molecule has 112 valence electrons. The molecule has 0 radical (unpaired) electrons. The van der Waals surface area contributed by atoms with Gasteiger partial charge in [0.15, 0.2) is 0 Å². The van der Waals surface area contributed by atoms with Gasteiger partial charge in [0.05, 0.1) is 11.4 Å². The fraction of sp³-hybridized carbons (Fsp3) is 0.308. The summed E-state index contributed by atoms with van der Waals surface area (Å²) >= 11 is 2.90. The van der Waals surface area contributed by atoms with E-state index in [2.05, 4.69) is 15.5 Å². The van der Waals surface area contributed by atoms with E-state index >= 15 is 0 Å². The van der Waals surface area contributed by atoms with E-state index in [0.717, 1.165) is 0 Å². The third-order valence-corrected chi connectivity index (χ3v) is 3.77. The first-order chi connectivity index (χ1) is 10.2. The Morgan fingerprint density at radius 2 is 2.19 bits per heavy atom. The van der Waals surface area contributed by atoms with Gasteiger partial charge in [0.25, 0.3) is 5.22 Å². The van der Waals surface area contributed by atoms with Crippen LogP contribution in [-0.2, 0) is 10.5 Å². The van der Waals surface area contributed by atoms with Crippen molar-refractivity contribution < 1.29 is 13.6 Å². The predicted octanol–water partition coefficient (Wildman–Crippen LogP) is 3.19. The van der Waals surface area contributed by atoms with Gasteiger partial charge in [-0.15, -0.1) is 10.2 Å². The van der Waals surface area contributed by atoms with Crippen LogP contribution in [0.15, 0.2) is 33.9 Å². The number of hydrogen-bond acceptors (Lipinski definition) is 6. The van der Waals surface area contributed by atoms with Crippen LogP contribution in [0.1, 0.15) is 12.3 Å². The Kier molecular flexibility index (Phi) is 6.06. The number of carbonyl (C=O) groups is 1. The summed E-state index contributed by atoms with van der Waals surface area (Å²) in [5.41, 5.74) is 0.188. The first-order valence-corrected chi connectivity index (χ1v) is 8.55. The summed E-state index contributed by atoms with van der Waals surface area (Å²) < 4.78 is 18.7. The van der Waals surface area contributed by atoms with Gasteiger partial charge in [-0.3, -0.25) is 4.79 Å². The van der Waals surface area contributed by atoms with Crippen LogP contribution in [0.3, 0.4) is 0 Å². The van der Waals surface area contributed by atoms with Crippen molar-refractivity contribution in [1.29, 1.82) is 0 Å². The van der Waals surface area contributed by atoms with E-state index in [1.165, 1.54) is 23.9 Å². The Morgan fingerprint density at radius 3 is 2.95 bits per heavy atom. The maximum absolute atomic E-state index is 13.4. The smallest absolute Gasteiger partial charge is 0.276 e. The molecule has 1 aromatic carbocycles. The molecule has 21 heavy (non-hydrogen) atoms. The lowest BCUT2D eigenvalue weighted by Crippen LogP contribution is -2.13. The van der Waals surface area contributed by atoms with E-state index in [1.54, 1.807) is 23.9 Å². The van der Waals surface area contributed by atoms with Crippen molar-refractivity contribution in [3.8, 4) is 0 Å². The van der Waals surface area contributed by atoms with E-state index in [-0.39, 0.29) is 18.0 Å².